The summed E-state index contributed by atoms with van der Waals surface area (Å²) in [5, 5.41) is 0. The van der Waals surface area contributed by atoms with E-state index >= 15 is 0 Å². The largest absolute Gasteiger partial charge is 2.00 e. The normalized spacial score (nSPS) is 10.4. The van der Waals surface area contributed by atoms with Crippen LogP contribution in [0.3, 0.4) is 0 Å². The average molecular weight is 547 g/mol. The zero-order chi connectivity index (χ0) is 25.2. The fourth-order valence-corrected chi connectivity index (χ4v) is 0. The second-order valence-corrected chi connectivity index (χ2v) is 18.3. The number of hydrogen-bond acceptors (Lipinski definition) is 0. The van der Waals surface area contributed by atoms with Gasteiger partial charge >= 0.3 is 34.1 Å². The predicted octanol–water partition coefficient (Wildman–Crippen LogP) is 10.2. The topological polar surface area (TPSA) is 0 Å². The van der Waals surface area contributed by atoms with Crippen LogP contribution in [0.2, 0.25) is 0 Å². The Labute approximate surface area is 221 Å². The van der Waals surface area contributed by atoms with Gasteiger partial charge in [0.2, 0.25) is 0 Å². The smallest absolute Gasteiger partial charge is 0.338 e. The molecule has 0 spiro atoms. The van der Waals surface area contributed by atoms with Gasteiger partial charge in [-0.15, -0.1) is 15.8 Å². The van der Waals surface area contributed by atoms with Crippen LogP contribution in [0, 0.1) is 49.4 Å². The molecule has 0 nitrogen and oxygen atoms in total. The van der Waals surface area contributed by atoms with Crippen molar-refractivity contribution in [3.05, 3.63) is 27.7 Å². The van der Waals surface area contributed by atoms with Crippen LogP contribution >= 0.6 is 15.8 Å². The van der Waals surface area contributed by atoms with E-state index in [0.29, 0.717) is 15.8 Å². The third kappa shape index (κ3) is 6920. The Morgan fingerprint density at radius 2 is 0.333 bits per heavy atom. The van der Waals surface area contributed by atoms with E-state index in [2.05, 4.69) is 151 Å². The molecule has 0 aliphatic carbocycles. The first kappa shape index (κ1) is 53.3. The SMILES string of the molecule is CP(C)C.CP(C)C.[CH2-]C(C)(C)C.[CH2-]C(C)(C)C.[CH2-]C(C)(C)C.[CH2-]C(C)(C)C.[Mn+2].[Mn+2]. The maximum absolute atomic E-state index is 3.77. The van der Waals surface area contributed by atoms with Crippen LogP contribution in [0.1, 0.15) is 83.1 Å². The molecule has 0 aliphatic heterocycles. The van der Waals surface area contributed by atoms with Crippen molar-refractivity contribution in [3.63, 3.8) is 0 Å². The van der Waals surface area contributed by atoms with E-state index in [1.54, 1.807) is 0 Å². The van der Waals surface area contributed by atoms with Gasteiger partial charge in [0.25, 0.3) is 0 Å². The van der Waals surface area contributed by atoms with Gasteiger partial charge in [-0.1, -0.05) is 83.1 Å². The summed E-state index contributed by atoms with van der Waals surface area (Å²) >= 11 is 0. The first-order chi connectivity index (χ1) is 11.5. The summed E-state index contributed by atoms with van der Waals surface area (Å²) in [6.45, 7) is 53.4. The predicted molar refractivity (Wildman–Crippen MR) is 149 cm³/mol. The quantitative estimate of drug-likeness (QED) is 0.161. The third-order valence-corrected chi connectivity index (χ3v) is 0. The summed E-state index contributed by atoms with van der Waals surface area (Å²) < 4.78 is 0. The number of hydrogen-bond donors (Lipinski definition) is 0. The minimum Gasteiger partial charge on any atom is -0.338 e. The van der Waals surface area contributed by atoms with Gasteiger partial charge in [-0.3, -0.25) is 0 Å². The zero-order valence-corrected chi connectivity index (χ0v) is 28.6. The monoisotopic (exact) mass is 546 g/mol. The Kier molecular flexibility index (Phi) is 48.2. The van der Waals surface area contributed by atoms with Gasteiger partial charge < -0.3 is 27.7 Å². The van der Waals surface area contributed by atoms with Gasteiger partial charge in [0.15, 0.2) is 0 Å². The molecule has 0 atom stereocenters. The standard InChI is InChI=1S/4C5H11.2C3H9P.2Mn/c4*1-5(2,3)4;2*1-4(2)3;;/h4*1H2,2-4H3;2*1-3H3;;/q4*-1;;;2*+2. The molecule has 0 aromatic heterocycles. The van der Waals surface area contributed by atoms with Crippen molar-refractivity contribution in [2.75, 3.05) is 40.0 Å². The van der Waals surface area contributed by atoms with Crippen LogP contribution in [0.5, 0.6) is 0 Å². The minimum absolute atomic E-state index is 0. The molecular formula is C26H62Mn2P2. The second kappa shape index (κ2) is 27.1. The molecule has 2 radical (unpaired) electrons. The molecule has 30 heavy (non-hydrogen) atoms. The van der Waals surface area contributed by atoms with Crippen molar-refractivity contribution in [1.29, 1.82) is 0 Å². The van der Waals surface area contributed by atoms with E-state index < -0.39 is 0 Å². The molecule has 0 aliphatic rings. The van der Waals surface area contributed by atoms with Crippen LogP contribution in [0.4, 0.5) is 0 Å². The molecular weight excluding hydrogens is 484 g/mol. The van der Waals surface area contributed by atoms with E-state index in [1.807, 2.05) is 0 Å². The van der Waals surface area contributed by atoms with Gasteiger partial charge in [-0.25, -0.2) is 0 Å². The summed E-state index contributed by atoms with van der Waals surface area (Å²) in [7, 11) is 0.759. The molecule has 0 N–H and O–H groups in total. The molecule has 0 aromatic carbocycles. The Bertz CT molecular complexity index is 190. The van der Waals surface area contributed by atoms with Gasteiger partial charge in [0, 0.05) is 0 Å². The van der Waals surface area contributed by atoms with Gasteiger partial charge in [0.05, 0.1) is 0 Å². The van der Waals surface area contributed by atoms with Crippen LogP contribution in [-0.4, -0.2) is 40.0 Å². The summed E-state index contributed by atoms with van der Waals surface area (Å²) in [6, 6.07) is 0. The van der Waals surface area contributed by atoms with Crippen molar-refractivity contribution in [3.8, 4) is 0 Å². The van der Waals surface area contributed by atoms with Crippen molar-refractivity contribution in [2.24, 2.45) is 21.7 Å². The van der Waals surface area contributed by atoms with Crippen molar-refractivity contribution < 1.29 is 34.1 Å². The van der Waals surface area contributed by atoms with E-state index in [9.17, 15) is 0 Å². The summed E-state index contributed by atoms with van der Waals surface area (Å²) in [5.74, 6) is 0. The van der Waals surface area contributed by atoms with Crippen molar-refractivity contribution in [1.82, 2.24) is 0 Å². The Morgan fingerprint density at radius 3 is 0.333 bits per heavy atom. The Hall–Kier alpha value is 1.90. The van der Waals surface area contributed by atoms with E-state index in [1.165, 1.54) is 0 Å². The molecule has 0 unspecified atom stereocenters. The van der Waals surface area contributed by atoms with Gasteiger partial charge in [0.1, 0.15) is 0 Å². The molecule has 0 bridgehead atoms. The second-order valence-electron chi connectivity index (χ2n) is 12.9. The van der Waals surface area contributed by atoms with Gasteiger partial charge in [-0.05, 0) is 40.0 Å². The van der Waals surface area contributed by atoms with E-state index in [0.717, 1.165) is 0 Å². The van der Waals surface area contributed by atoms with Crippen LogP contribution in [0.25, 0.3) is 0 Å². The molecule has 190 valence electrons. The Balaban J connectivity index is -0.0000000319. The Morgan fingerprint density at radius 1 is 0.333 bits per heavy atom. The fourth-order valence-electron chi connectivity index (χ4n) is 0. The summed E-state index contributed by atoms with van der Waals surface area (Å²) in [6.07, 6.45) is 0. The molecule has 0 aromatic rings. The molecule has 0 saturated carbocycles. The average Bonchev–Trinajstić information content (AvgIpc) is 1.99. The van der Waals surface area contributed by atoms with Crippen molar-refractivity contribution in [2.45, 2.75) is 83.1 Å². The van der Waals surface area contributed by atoms with Gasteiger partial charge in [-0.2, -0.15) is 21.7 Å². The van der Waals surface area contributed by atoms with Crippen LogP contribution in [0.15, 0.2) is 0 Å². The fraction of sp³-hybridized carbons (Fsp3) is 0.846. The van der Waals surface area contributed by atoms with E-state index in [4.69, 9.17) is 0 Å². The minimum atomic E-state index is 0. The summed E-state index contributed by atoms with van der Waals surface area (Å²) in [4.78, 5) is 0. The molecule has 0 heterocycles. The maximum Gasteiger partial charge on any atom is 2.00 e. The number of rotatable bonds is 0. The summed E-state index contributed by atoms with van der Waals surface area (Å²) in [5.41, 5.74) is 1.00. The first-order valence-corrected chi connectivity index (χ1v) is 15.5. The van der Waals surface area contributed by atoms with Crippen LogP contribution in [-0.2, 0) is 34.1 Å². The molecule has 4 heteroatoms. The third-order valence-electron chi connectivity index (χ3n) is 0. The maximum atomic E-state index is 3.77. The van der Waals surface area contributed by atoms with Crippen molar-refractivity contribution >= 4 is 15.8 Å². The molecule has 0 amide bonds. The molecule has 0 fully saturated rings. The zero-order valence-electron chi connectivity index (χ0n) is 24.5. The van der Waals surface area contributed by atoms with Crippen LogP contribution < -0.4 is 0 Å². The first-order valence-electron chi connectivity index (χ1n) is 10.1. The molecule has 0 rings (SSSR count). The van der Waals surface area contributed by atoms with E-state index in [-0.39, 0.29) is 55.8 Å². The molecule has 0 saturated heterocycles.